The molecule has 11 nitrogen and oxygen atoms in total. The van der Waals surface area contributed by atoms with Crippen molar-refractivity contribution in [1.29, 1.82) is 5.26 Å². The van der Waals surface area contributed by atoms with E-state index in [0.717, 1.165) is 11.8 Å². The van der Waals surface area contributed by atoms with Crippen LogP contribution in [-0.4, -0.2) is 44.6 Å². The average Bonchev–Trinajstić information content (AvgIpc) is 3.26. The third-order valence-corrected chi connectivity index (χ3v) is 5.60. The van der Waals surface area contributed by atoms with Crippen molar-refractivity contribution in [2.45, 2.75) is 19.5 Å². The highest BCUT2D eigenvalue weighted by Gasteiger charge is 2.14. The van der Waals surface area contributed by atoms with E-state index in [0.29, 0.717) is 40.6 Å². The Kier molecular flexibility index (Phi) is 6.31. The van der Waals surface area contributed by atoms with E-state index in [-0.39, 0.29) is 5.95 Å². The van der Waals surface area contributed by atoms with Crippen molar-refractivity contribution >= 4 is 16.0 Å². The summed E-state index contributed by atoms with van der Waals surface area (Å²) in [5.41, 5.74) is 10.0. The number of aromatic nitrogens is 6. The second-order valence-electron chi connectivity index (χ2n) is 7.66. The molecule has 0 aliphatic carbocycles. The summed E-state index contributed by atoms with van der Waals surface area (Å²) < 4.78 is 27.1. The van der Waals surface area contributed by atoms with E-state index < -0.39 is 16.1 Å². The molecule has 0 unspecified atom stereocenters. The van der Waals surface area contributed by atoms with Crippen LogP contribution in [0, 0.1) is 11.3 Å². The fourth-order valence-electron chi connectivity index (χ4n) is 3.36. The Balaban J connectivity index is 1.57. The van der Waals surface area contributed by atoms with Crippen LogP contribution in [-0.2, 0) is 16.6 Å². The van der Waals surface area contributed by atoms with Crippen molar-refractivity contribution in [1.82, 2.24) is 34.7 Å². The molecule has 0 saturated heterocycles. The second-order valence-corrected chi connectivity index (χ2v) is 9.44. The highest BCUT2D eigenvalue weighted by molar-refractivity contribution is 7.88. The lowest BCUT2D eigenvalue weighted by atomic mass is 10.1. The lowest BCUT2D eigenvalue weighted by Crippen LogP contribution is -2.26. The number of rotatable bonds is 7. The van der Waals surface area contributed by atoms with Gasteiger partial charge < -0.3 is 5.73 Å². The third kappa shape index (κ3) is 5.58. The number of sulfonamides is 1. The van der Waals surface area contributed by atoms with Gasteiger partial charge in [0.1, 0.15) is 5.69 Å². The lowest BCUT2D eigenvalue weighted by Gasteiger charge is -2.12. The summed E-state index contributed by atoms with van der Waals surface area (Å²) in [5, 5.41) is 17.5. The number of nitrogens with zero attached hydrogens (tertiary/aromatic N) is 7. The van der Waals surface area contributed by atoms with Crippen LogP contribution in [0.25, 0.3) is 22.6 Å². The number of benzene rings is 1. The van der Waals surface area contributed by atoms with Crippen LogP contribution in [0.2, 0.25) is 0 Å². The van der Waals surface area contributed by atoms with Crippen molar-refractivity contribution in [3.63, 3.8) is 0 Å². The van der Waals surface area contributed by atoms with E-state index in [9.17, 15) is 8.42 Å². The fraction of sp³-hybridized carbons (Fsp3) is 0.182. The molecule has 0 saturated carbocycles. The van der Waals surface area contributed by atoms with Crippen LogP contribution in [0.3, 0.4) is 0 Å². The zero-order valence-corrected chi connectivity index (χ0v) is 19.2. The molecule has 0 amide bonds. The molecular weight excluding hydrogens is 454 g/mol. The molecule has 3 N–H and O–H groups in total. The number of nitrogens with one attached hydrogen (secondary N) is 1. The molecule has 0 aliphatic heterocycles. The van der Waals surface area contributed by atoms with Crippen LogP contribution in [0.4, 0.5) is 5.95 Å². The summed E-state index contributed by atoms with van der Waals surface area (Å²) in [5.74, 6) is 0.0751. The summed E-state index contributed by atoms with van der Waals surface area (Å²) in [7, 11) is -3.36. The zero-order chi connectivity index (χ0) is 24.3. The van der Waals surface area contributed by atoms with Gasteiger partial charge in [-0.25, -0.2) is 27.8 Å². The van der Waals surface area contributed by atoms with Gasteiger partial charge in [0, 0.05) is 5.56 Å². The van der Waals surface area contributed by atoms with E-state index in [4.69, 9.17) is 11.0 Å². The SMILES string of the molecule is C[C@H](NS(C)(=O)=O)c1cccc(Cn2cc(-c3cc(-c4cccc(C#N)c4)nc(N)n3)nn2)n1. The van der Waals surface area contributed by atoms with Gasteiger partial charge in [-0.2, -0.15) is 5.26 Å². The molecule has 1 aromatic carbocycles. The van der Waals surface area contributed by atoms with E-state index >= 15 is 0 Å². The van der Waals surface area contributed by atoms with E-state index in [2.05, 4.69) is 36.1 Å². The average molecular weight is 476 g/mol. The highest BCUT2D eigenvalue weighted by Crippen LogP contribution is 2.24. The molecule has 0 bridgehead atoms. The number of pyridine rings is 1. The first-order valence-corrected chi connectivity index (χ1v) is 12.1. The number of hydrogen-bond donors (Lipinski definition) is 2. The van der Waals surface area contributed by atoms with Gasteiger partial charge in [0.25, 0.3) is 0 Å². The van der Waals surface area contributed by atoms with Crippen LogP contribution in [0.5, 0.6) is 0 Å². The Morgan fingerprint density at radius 1 is 1.09 bits per heavy atom. The first kappa shape index (κ1) is 23.0. The van der Waals surface area contributed by atoms with Crippen molar-refractivity contribution in [2.75, 3.05) is 12.0 Å². The van der Waals surface area contributed by atoms with Gasteiger partial charge in [0.05, 0.1) is 59.4 Å². The molecule has 3 aromatic heterocycles. The van der Waals surface area contributed by atoms with Crippen molar-refractivity contribution in [3.05, 3.63) is 71.7 Å². The van der Waals surface area contributed by atoms with E-state index in [1.807, 2.05) is 18.2 Å². The number of nitriles is 1. The molecule has 172 valence electrons. The molecule has 34 heavy (non-hydrogen) atoms. The minimum Gasteiger partial charge on any atom is -0.368 e. The van der Waals surface area contributed by atoms with Gasteiger partial charge in [-0.1, -0.05) is 23.4 Å². The topological polar surface area (TPSA) is 165 Å². The molecule has 4 aromatic rings. The molecule has 0 fully saturated rings. The molecule has 0 aliphatic rings. The van der Waals surface area contributed by atoms with Crippen molar-refractivity contribution < 1.29 is 8.42 Å². The van der Waals surface area contributed by atoms with Gasteiger partial charge in [-0.15, -0.1) is 5.10 Å². The van der Waals surface area contributed by atoms with Gasteiger partial charge in [-0.05, 0) is 37.3 Å². The number of nitrogens with two attached hydrogens (primary N) is 1. The summed E-state index contributed by atoms with van der Waals surface area (Å²) >= 11 is 0. The summed E-state index contributed by atoms with van der Waals surface area (Å²) in [4.78, 5) is 13.1. The maximum absolute atomic E-state index is 11.5. The molecule has 0 spiro atoms. The minimum atomic E-state index is -3.36. The smallest absolute Gasteiger partial charge is 0.221 e. The van der Waals surface area contributed by atoms with Crippen molar-refractivity contribution in [3.8, 4) is 28.7 Å². The highest BCUT2D eigenvalue weighted by atomic mass is 32.2. The Bertz CT molecular complexity index is 1490. The number of anilines is 1. The lowest BCUT2D eigenvalue weighted by molar-refractivity contribution is 0.568. The third-order valence-electron chi connectivity index (χ3n) is 4.82. The molecule has 0 radical (unpaired) electrons. The summed E-state index contributed by atoms with van der Waals surface area (Å²) in [6.07, 6.45) is 2.82. The van der Waals surface area contributed by atoms with Gasteiger partial charge in [0.2, 0.25) is 16.0 Å². The first-order chi connectivity index (χ1) is 16.2. The monoisotopic (exact) mass is 475 g/mol. The van der Waals surface area contributed by atoms with E-state index in [1.54, 1.807) is 48.1 Å². The molecular formula is C22H21N9O2S. The van der Waals surface area contributed by atoms with Crippen LogP contribution < -0.4 is 10.5 Å². The first-order valence-electron chi connectivity index (χ1n) is 10.2. The maximum atomic E-state index is 11.5. The fourth-order valence-corrected chi connectivity index (χ4v) is 4.12. The minimum absolute atomic E-state index is 0.0751. The standard InChI is InChI=1S/C22H21N9O2S/c1-14(29-34(2,32)33)18-8-4-7-17(25-18)12-31-13-21(28-30-31)20-10-19(26-22(24)27-20)16-6-3-5-15(9-16)11-23/h3-10,13-14,29H,12H2,1-2H3,(H2,24,26,27)/t14-/m0/s1. The molecule has 1 atom stereocenters. The predicted molar refractivity (Wildman–Crippen MR) is 125 cm³/mol. The largest absolute Gasteiger partial charge is 0.368 e. The molecule has 12 heteroatoms. The van der Waals surface area contributed by atoms with Crippen LogP contribution in [0.15, 0.2) is 54.7 Å². The maximum Gasteiger partial charge on any atom is 0.221 e. The van der Waals surface area contributed by atoms with Crippen molar-refractivity contribution in [2.24, 2.45) is 0 Å². The van der Waals surface area contributed by atoms with Crippen LogP contribution >= 0.6 is 0 Å². The predicted octanol–water partition coefficient (Wildman–Crippen LogP) is 1.91. The van der Waals surface area contributed by atoms with Gasteiger partial charge in [-0.3, -0.25) is 4.98 Å². The van der Waals surface area contributed by atoms with E-state index in [1.165, 1.54) is 0 Å². The molecule has 3 heterocycles. The van der Waals surface area contributed by atoms with Gasteiger partial charge in [0.15, 0.2) is 0 Å². The quantitative estimate of drug-likeness (QED) is 0.406. The summed E-state index contributed by atoms with van der Waals surface area (Å²) in [6, 6.07) is 15.8. The zero-order valence-electron chi connectivity index (χ0n) is 18.4. The Labute approximate surface area is 196 Å². The Morgan fingerprint density at radius 2 is 1.85 bits per heavy atom. The van der Waals surface area contributed by atoms with Gasteiger partial charge >= 0.3 is 0 Å². The number of hydrogen-bond acceptors (Lipinski definition) is 9. The normalized spacial score (nSPS) is 12.3. The molecule has 4 rings (SSSR count). The van der Waals surface area contributed by atoms with Crippen LogP contribution in [0.1, 0.15) is 29.9 Å². The number of nitrogen functional groups attached to an aromatic ring is 1. The second kappa shape index (κ2) is 9.34. The Hall–Kier alpha value is -4.21. The summed E-state index contributed by atoms with van der Waals surface area (Å²) in [6.45, 7) is 2.05. The Morgan fingerprint density at radius 3 is 2.62 bits per heavy atom.